The first-order valence-corrected chi connectivity index (χ1v) is 15.0. The molecule has 44 heavy (non-hydrogen) atoms. The minimum absolute atomic E-state index is 0.0807. The molecule has 228 valence electrons. The number of aromatic nitrogens is 4. The highest BCUT2D eigenvalue weighted by Crippen LogP contribution is 2.40. The van der Waals surface area contributed by atoms with E-state index in [1.54, 1.807) is 35.4 Å². The number of hydrogen-bond donors (Lipinski definition) is 0. The third-order valence-corrected chi connectivity index (χ3v) is 8.11. The van der Waals surface area contributed by atoms with Crippen LogP contribution in [0.5, 0.6) is 11.5 Å². The van der Waals surface area contributed by atoms with Gasteiger partial charge in [-0.25, -0.2) is 18.7 Å². The first-order chi connectivity index (χ1) is 21.3. The molecule has 1 amide bonds. The largest absolute Gasteiger partial charge is 0.493 e. The van der Waals surface area contributed by atoms with Gasteiger partial charge in [-0.05, 0) is 43.0 Å². The number of carbonyl (C=O) groups is 1. The minimum atomic E-state index is -0.602. The predicted molar refractivity (Wildman–Crippen MR) is 167 cm³/mol. The van der Waals surface area contributed by atoms with E-state index in [1.165, 1.54) is 16.7 Å². The Morgan fingerprint density at radius 2 is 1.80 bits per heavy atom. The van der Waals surface area contributed by atoms with E-state index >= 15 is 4.39 Å². The van der Waals surface area contributed by atoms with Crippen molar-refractivity contribution < 1.29 is 18.7 Å². The van der Waals surface area contributed by atoms with Crippen molar-refractivity contribution >= 4 is 34.4 Å². The smallest absolute Gasteiger partial charge is 0.356 e. The summed E-state index contributed by atoms with van der Waals surface area (Å²) < 4.78 is 29.2. The number of pyridine rings is 2. The van der Waals surface area contributed by atoms with Crippen molar-refractivity contribution in [3.8, 4) is 28.4 Å². The molecular weight excluding hydrogens is 587 g/mol. The summed E-state index contributed by atoms with van der Waals surface area (Å²) in [6.45, 7) is 9.93. The molecule has 0 aliphatic carbocycles. The maximum absolute atomic E-state index is 15.5. The number of halogens is 2. The molecule has 0 atom stereocenters. The Bertz CT molecular complexity index is 1820. The van der Waals surface area contributed by atoms with Gasteiger partial charge in [0.2, 0.25) is 5.91 Å². The van der Waals surface area contributed by atoms with E-state index in [9.17, 15) is 9.59 Å². The number of amides is 1. The second-order valence-electron chi connectivity index (χ2n) is 11.0. The molecule has 1 aromatic carbocycles. The Hall–Kier alpha value is -4.51. The molecule has 0 unspecified atom stereocenters. The molecule has 0 radical (unpaired) electrons. The number of nitrogens with zero attached hydrogens (tertiary/aromatic N) is 6. The number of carbonyl (C=O) groups excluding carboxylic acids is 1. The Labute approximate surface area is 258 Å². The lowest BCUT2D eigenvalue weighted by atomic mass is 10.1. The number of benzene rings is 1. The molecule has 10 nitrogen and oxygen atoms in total. The molecule has 2 aliphatic heterocycles. The molecule has 3 aromatic heterocycles. The maximum Gasteiger partial charge on any atom is 0.356 e. The average Bonchev–Trinajstić information content (AvgIpc) is 3.02. The van der Waals surface area contributed by atoms with Crippen molar-refractivity contribution in [3.63, 3.8) is 0 Å². The summed E-state index contributed by atoms with van der Waals surface area (Å²) in [5.74, 6) is 0.338. The zero-order valence-electron chi connectivity index (χ0n) is 24.6. The summed E-state index contributed by atoms with van der Waals surface area (Å²) in [6.07, 6.45) is 4.26. The number of anilines is 1. The van der Waals surface area contributed by atoms with E-state index in [-0.39, 0.29) is 33.8 Å². The molecule has 2 aliphatic rings. The summed E-state index contributed by atoms with van der Waals surface area (Å²) in [5, 5.41) is 0.650. The topological polar surface area (TPSA) is 103 Å². The van der Waals surface area contributed by atoms with Gasteiger partial charge in [-0.3, -0.25) is 9.78 Å². The van der Waals surface area contributed by atoms with Crippen molar-refractivity contribution in [2.24, 2.45) is 0 Å². The minimum Gasteiger partial charge on any atom is -0.493 e. The summed E-state index contributed by atoms with van der Waals surface area (Å²) in [4.78, 5) is 44.0. The van der Waals surface area contributed by atoms with Gasteiger partial charge in [-0.1, -0.05) is 38.1 Å². The number of ether oxygens (including phenoxy) is 2. The zero-order valence-corrected chi connectivity index (χ0v) is 25.3. The average molecular weight is 619 g/mol. The fraction of sp³-hybridized carbons (Fsp3) is 0.344. The van der Waals surface area contributed by atoms with Crippen LogP contribution in [-0.4, -0.2) is 69.7 Å². The standard InChI is InChI=1S/C32H32ClFN6O4/c1-4-25(41)38-12-14-39(15-13-38)30-20-18-21(33)28-26-22(34)8-7-9-23(26)43-16-5-6-17-44-24-10-11-35-27(19(2)3)29(24)40(31(20)36-28)32(42)37-30/h4,7-11,18-19H,1,5-6,12-17H2,2-3H3. The molecule has 5 heterocycles. The summed E-state index contributed by atoms with van der Waals surface area (Å²) in [5.41, 5.74) is 0.911. The first-order valence-electron chi connectivity index (χ1n) is 14.6. The fourth-order valence-corrected chi connectivity index (χ4v) is 5.88. The molecule has 0 N–H and O–H groups in total. The molecule has 12 heteroatoms. The van der Waals surface area contributed by atoms with Gasteiger partial charge in [0.25, 0.3) is 0 Å². The van der Waals surface area contributed by atoms with Crippen molar-refractivity contribution in [3.05, 3.63) is 76.2 Å². The van der Waals surface area contributed by atoms with Crippen molar-refractivity contribution in [2.45, 2.75) is 32.6 Å². The van der Waals surface area contributed by atoms with E-state index < -0.39 is 11.5 Å². The second-order valence-corrected chi connectivity index (χ2v) is 11.4. The molecule has 2 bridgehead atoms. The van der Waals surface area contributed by atoms with E-state index in [0.717, 1.165) is 0 Å². The van der Waals surface area contributed by atoms with Crippen LogP contribution >= 0.6 is 11.6 Å². The van der Waals surface area contributed by atoms with Gasteiger partial charge in [-0.2, -0.15) is 4.98 Å². The molecule has 4 aromatic rings. The Kier molecular flexibility index (Phi) is 8.22. The SMILES string of the molecule is C=CC(=O)N1CCN(c2nc(=O)n3c4nc(c(Cl)cc24)-c2c(F)cccc2OCCCCOc2ccnc(C(C)C)c2-3)CC1. The van der Waals surface area contributed by atoms with E-state index in [4.69, 9.17) is 26.1 Å². The van der Waals surface area contributed by atoms with Crippen molar-refractivity contribution in [1.29, 1.82) is 0 Å². The van der Waals surface area contributed by atoms with Gasteiger partial charge in [0.1, 0.15) is 28.8 Å². The fourth-order valence-electron chi connectivity index (χ4n) is 5.63. The Balaban J connectivity index is 1.66. The van der Waals surface area contributed by atoms with Crippen molar-refractivity contribution in [1.82, 2.24) is 24.4 Å². The van der Waals surface area contributed by atoms with Crippen LogP contribution in [0.3, 0.4) is 0 Å². The van der Waals surface area contributed by atoms with Gasteiger partial charge in [0.15, 0.2) is 5.65 Å². The van der Waals surface area contributed by atoms with E-state index in [1.807, 2.05) is 18.7 Å². The lowest BCUT2D eigenvalue weighted by Gasteiger charge is -2.35. The normalized spacial score (nSPS) is 15.3. The molecule has 1 fully saturated rings. The summed E-state index contributed by atoms with van der Waals surface area (Å²) >= 11 is 6.88. The third-order valence-electron chi connectivity index (χ3n) is 7.82. The summed E-state index contributed by atoms with van der Waals surface area (Å²) in [7, 11) is 0. The highest BCUT2D eigenvalue weighted by molar-refractivity contribution is 6.34. The first kappa shape index (κ1) is 29.6. The van der Waals surface area contributed by atoms with Gasteiger partial charge >= 0.3 is 5.69 Å². The third kappa shape index (κ3) is 5.36. The Morgan fingerprint density at radius 3 is 2.50 bits per heavy atom. The van der Waals surface area contributed by atoms with Crippen LogP contribution < -0.4 is 20.1 Å². The monoisotopic (exact) mass is 618 g/mol. The maximum atomic E-state index is 15.5. The van der Waals surface area contributed by atoms with Crippen LogP contribution in [0.25, 0.3) is 28.0 Å². The summed E-state index contributed by atoms with van der Waals surface area (Å²) in [6, 6.07) is 7.95. The van der Waals surface area contributed by atoms with Crippen LogP contribution in [0.1, 0.15) is 38.3 Å². The van der Waals surface area contributed by atoms with Crippen LogP contribution in [0, 0.1) is 5.82 Å². The quantitative estimate of drug-likeness (QED) is 0.291. The second kappa shape index (κ2) is 12.2. The number of piperazine rings is 1. The Morgan fingerprint density at radius 1 is 1.07 bits per heavy atom. The molecule has 0 saturated carbocycles. The van der Waals surface area contributed by atoms with E-state index in [2.05, 4.69) is 16.5 Å². The highest BCUT2D eigenvalue weighted by atomic mass is 35.5. The van der Waals surface area contributed by atoms with Gasteiger partial charge in [-0.15, -0.1) is 0 Å². The number of hydrogen-bond acceptors (Lipinski definition) is 8. The number of rotatable bonds is 3. The lowest BCUT2D eigenvalue weighted by Crippen LogP contribution is -2.49. The molecule has 1 saturated heterocycles. The van der Waals surface area contributed by atoms with Crippen LogP contribution in [0.4, 0.5) is 10.2 Å². The predicted octanol–water partition coefficient (Wildman–Crippen LogP) is 5.14. The highest BCUT2D eigenvalue weighted by Gasteiger charge is 2.28. The van der Waals surface area contributed by atoms with Gasteiger partial charge in [0, 0.05) is 38.4 Å². The molecule has 0 spiro atoms. The van der Waals surface area contributed by atoms with E-state index in [0.29, 0.717) is 86.3 Å². The van der Waals surface area contributed by atoms with Crippen LogP contribution in [-0.2, 0) is 4.79 Å². The zero-order chi connectivity index (χ0) is 31.0. The van der Waals surface area contributed by atoms with Crippen LogP contribution in [0.2, 0.25) is 5.02 Å². The number of fused-ring (bicyclic) bond motifs is 5. The van der Waals surface area contributed by atoms with Crippen molar-refractivity contribution in [2.75, 3.05) is 44.3 Å². The van der Waals surface area contributed by atoms with Gasteiger partial charge in [0.05, 0.1) is 40.6 Å². The molecular formula is C32H32ClFN6O4. The van der Waals surface area contributed by atoms with Gasteiger partial charge < -0.3 is 19.3 Å². The molecule has 6 rings (SSSR count). The lowest BCUT2D eigenvalue weighted by molar-refractivity contribution is -0.126. The van der Waals surface area contributed by atoms with Crippen LogP contribution in [0.15, 0.2) is 54.0 Å².